The summed E-state index contributed by atoms with van der Waals surface area (Å²) in [6.45, 7) is 5.60. The third kappa shape index (κ3) is 13.4. The Labute approximate surface area is 110 Å². The first-order chi connectivity index (χ1) is 8.81. The lowest BCUT2D eigenvalue weighted by Crippen LogP contribution is -2.12. The summed E-state index contributed by atoms with van der Waals surface area (Å²) in [5.41, 5.74) is 0. The molecule has 0 aromatic rings. The molecule has 0 saturated heterocycles. The van der Waals surface area contributed by atoms with E-state index in [2.05, 4.69) is 11.7 Å². The van der Waals surface area contributed by atoms with Gasteiger partial charge in [-0.15, -0.1) is 0 Å². The van der Waals surface area contributed by atoms with E-state index in [0.29, 0.717) is 33.0 Å². The summed E-state index contributed by atoms with van der Waals surface area (Å²) in [7, 11) is 1.37. The molecule has 0 saturated carbocycles. The molecule has 0 N–H and O–H groups in total. The molecule has 5 heteroatoms. The summed E-state index contributed by atoms with van der Waals surface area (Å²) >= 11 is 0. The highest BCUT2D eigenvalue weighted by Crippen LogP contribution is 1.93. The van der Waals surface area contributed by atoms with Crippen LogP contribution in [0.3, 0.4) is 0 Å². The molecule has 0 rings (SSSR count). The van der Waals surface area contributed by atoms with Gasteiger partial charge in [-0.05, 0) is 6.42 Å². The van der Waals surface area contributed by atoms with E-state index in [1.165, 1.54) is 20.0 Å². The van der Waals surface area contributed by atoms with Crippen LogP contribution in [0, 0.1) is 0 Å². The fourth-order valence-electron chi connectivity index (χ4n) is 1.25. The summed E-state index contributed by atoms with van der Waals surface area (Å²) in [6, 6.07) is 0. The molecule has 108 valence electrons. The van der Waals surface area contributed by atoms with E-state index in [4.69, 9.17) is 14.2 Å². The summed E-state index contributed by atoms with van der Waals surface area (Å²) < 4.78 is 20.4. The number of hydrogen-bond acceptors (Lipinski definition) is 5. The van der Waals surface area contributed by atoms with Crippen LogP contribution in [0.15, 0.2) is 0 Å². The van der Waals surface area contributed by atoms with Crippen LogP contribution >= 0.6 is 0 Å². The monoisotopic (exact) mass is 262 g/mol. The summed E-state index contributed by atoms with van der Waals surface area (Å²) in [4.78, 5) is 10.7. The highest BCUT2D eigenvalue weighted by Gasteiger charge is 1.98. The van der Waals surface area contributed by atoms with Crippen molar-refractivity contribution in [2.45, 2.75) is 32.6 Å². The maximum absolute atomic E-state index is 10.7. The van der Waals surface area contributed by atoms with E-state index in [-0.39, 0.29) is 12.4 Å². The number of ether oxygens (including phenoxy) is 4. The van der Waals surface area contributed by atoms with Crippen molar-refractivity contribution in [2.24, 2.45) is 0 Å². The van der Waals surface area contributed by atoms with Gasteiger partial charge in [0.05, 0.1) is 46.6 Å². The molecule has 0 spiro atoms. The van der Waals surface area contributed by atoms with Crippen molar-refractivity contribution in [1.82, 2.24) is 0 Å². The topological polar surface area (TPSA) is 54.0 Å². The van der Waals surface area contributed by atoms with Crippen LogP contribution in [0.2, 0.25) is 0 Å². The van der Waals surface area contributed by atoms with Crippen LogP contribution in [-0.4, -0.2) is 52.7 Å². The van der Waals surface area contributed by atoms with Gasteiger partial charge < -0.3 is 18.9 Å². The smallest absolute Gasteiger partial charge is 0.307 e. The zero-order valence-corrected chi connectivity index (χ0v) is 11.6. The third-order valence-electron chi connectivity index (χ3n) is 2.31. The van der Waals surface area contributed by atoms with Crippen LogP contribution in [0.25, 0.3) is 0 Å². The maximum atomic E-state index is 10.7. The molecular formula is C13H26O5. The van der Waals surface area contributed by atoms with E-state index in [0.717, 1.165) is 13.0 Å². The third-order valence-corrected chi connectivity index (χ3v) is 2.31. The normalized spacial score (nSPS) is 10.6. The van der Waals surface area contributed by atoms with Crippen LogP contribution in [0.4, 0.5) is 0 Å². The molecule has 0 aromatic carbocycles. The number of carbonyl (C=O) groups is 1. The van der Waals surface area contributed by atoms with E-state index < -0.39 is 0 Å². The first kappa shape index (κ1) is 17.4. The minimum Gasteiger partial charge on any atom is -0.469 e. The number of esters is 1. The Morgan fingerprint density at radius 3 is 1.94 bits per heavy atom. The molecule has 0 amide bonds. The molecule has 18 heavy (non-hydrogen) atoms. The Hall–Kier alpha value is -0.650. The molecule has 0 aliphatic carbocycles. The van der Waals surface area contributed by atoms with Crippen molar-refractivity contribution < 1.29 is 23.7 Å². The Morgan fingerprint density at radius 2 is 1.39 bits per heavy atom. The van der Waals surface area contributed by atoms with Gasteiger partial charge in [-0.25, -0.2) is 0 Å². The Kier molecular flexibility index (Phi) is 13.9. The van der Waals surface area contributed by atoms with E-state index in [1.54, 1.807) is 0 Å². The van der Waals surface area contributed by atoms with E-state index in [1.807, 2.05) is 0 Å². The van der Waals surface area contributed by atoms with Crippen molar-refractivity contribution in [2.75, 3.05) is 46.8 Å². The lowest BCUT2D eigenvalue weighted by atomic mass is 10.3. The van der Waals surface area contributed by atoms with Crippen LogP contribution in [-0.2, 0) is 23.7 Å². The number of unbranched alkanes of at least 4 members (excludes halogenated alkanes) is 2. The van der Waals surface area contributed by atoms with Crippen molar-refractivity contribution in [3.8, 4) is 0 Å². The van der Waals surface area contributed by atoms with Crippen molar-refractivity contribution in [3.63, 3.8) is 0 Å². The molecule has 0 radical (unpaired) electrons. The second kappa shape index (κ2) is 14.4. The Balaban J connectivity index is 2.97. The largest absolute Gasteiger partial charge is 0.469 e. The molecule has 0 aromatic heterocycles. The minimum absolute atomic E-state index is 0.253. The van der Waals surface area contributed by atoms with E-state index in [9.17, 15) is 4.79 Å². The molecule has 0 atom stereocenters. The second-order valence-electron chi connectivity index (χ2n) is 3.87. The molecule has 0 unspecified atom stereocenters. The lowest BCUT2D eigenvalue weighted by Gasteiger charge is -2.06. The quantitative estimate of drug-likeness (QED) is 0.374. The average Bonchev–Trinajstić information content (AvgIpc) is 2.39. The molecule has 0 aliphatic rings. The zero-order valence-electron chi connectivity index (χ0n) is 11.6. The molecule has 5 nitrogen and oxygen atoms in total. The van der Waals surface area contributed by atoms with Gasteiger partial charge in [0.25, 0.3) is 0 Å². The fraction of sp³-hybridized carbons (Fsp3) is 0.923. The summed E-state index contributed by atoms with van der Waals surface area (Å²) in [5.74, 6) is -0.253. The standard InChI is InChI=1S/C13H26O5/c1-3-4-5-7-16-9-11-18-12-10-17-8-6-13(14)15-2/h3-12H2,1-2H3. The molecule has 0 aliphatic heterocycles. The van der Waals surface area contributed by atoms with Crippen molar-refractivity contribution >= 4 is 5.97 Å². The first-order valence-corrected chi connectivity index (χ1v) is 6.61. The van der Waals surface area contributed by atoms with Gasteiger partial charge in [0.15, 0.2) is 0 Å². The van der Waals surface area contributed by atoms with Crippen molar-refractivity contribution in [3.05, 3.63) is 0 Å². The SMILES string of the molecule is CCCCCOCCOCCOCCC(=O)OC. The molecule has 0 heterocycles. The Morgan fingerprint density at radius 1 is 0.833 bits per heavy atom. The van der Waals surface area contributed by atoms with E-state index >= 15 is 0 Å². The predicted molar refractivity (Wildman–Crippen MR) is 68.6 cm³/mol. The van der Waals surface area contributed by atoms with Gasteiger partial charge in [-0.3, -0.25) is 4.79 Å². The van der Waals surface area contributed by atoms with Gasteiger partial charge in [0.1, 0.15) is 0 Å². The highest BCUT2D eigenvalue weighted by molar-refractivity contribution is 5.69. The van der Waals surface area contributed by atoms with Gasteiger partial charge in [0, 0.05) is 6.61 Å². The second-order valence-corrected chi connectivity index (χ2v) is 3.87. The lowest BCUT2D eigenvalue weighted by molar-refractivity contribution is -0.141. The van der Waals surface area contributed by atoms with Crippen LogP contribution in [0.5, 0.6) is 0 Å². The summed E-state index contributed by atoms with van der Waals surface area (Å²) in [6.07, 6.45) is 3.84. The summed E-state index contributed by atoms with van der Waals surface area (Å²) in [5, 5.41) is 0. The highest BCUT2D eigenvalue weighted by atomic mass is 16.5. The number of rotatable bonds is 13. The maximum Gasteiger partial charge on any atom is 0.307 e. The minimum atomic E-state index is -0.253. The van der Waals surface area contributed by atoms with Crippen molar-refractivity contribution in [1.29, 1.82) is 0 Å². The van der Waals surface area contributed by atoms with Gasteiger partial charge in [-0.2, -0.15) is 0 Å². The first-order valence-electron chi connectivity index (χ1n) is 6.61. The zero-order chi connectivity index (χ0) is 13.5. The van der Waals surface area contributed by atoms with Gasteiger partial charge >= 0.3 is 5.97 Å². The predicted octanol–water partition coefficient (Wildman–Crippen LogP) is 1.79. The van der Waals surface area contributed by atoms with Gasteiger partial charge in [-0.1, -0.05) is 19.8 Å². The fourth-order valence-corrected chi connectivity index (χ4v) is 1.25. The number of hydrogen-bond donors (Lipinski definition) is 0. The number of methoxy groups -OCH3 is 1. The number of carbonyl (C=O) groups excluding carboxylic acids is 1. The van der Waals surface area contributed by atoms with Crippen LogP contribution in [0.1, 0.15) is 32.6 Å². The van der Waals surface area contributed by atoms with Gasteiger partial charge in [0.2, 0.25) is 0 Å². The average molecular weight is 262 g/mol. The molecular weight excluding hydrogens is 236 g/mol. The Bertz CT molecular complexity index is 184. The molecule has 0 fully saturated rings. The van der Waals surface area contributed by atoms with Crippen LogP contribution < -0.4 is 0 Å². The molecule has 0 bridgehead atoms.